The van der Waals surface area contributed by atoms with Crippen LogP contribution in [0.5, 0.6) is 5.75 Å². The van der Waals surface area contributed by atoms with Gasteiger partial charge in [0.25, 0.3) is 0 Å². The zero-order valence-corrected chi connectivity index (χ0v) is 18.4. The fourth-order valence-electron chi connectivity index (χ4n) is 4.03. The Bertz CT molecular complexity index is 1030. The highest BCUT2D eigenvalue weighted by atomic mass is 32.1. The highest BCUT2D eigenvalue weighted by Gasteiger charge is 2.22. The molecule has 0 radical (unpaired) electrons. The van der Waals surface area contributed by atoms with Gasteiger partial charge < -0.3 is 14.7 Å². The number of hydrogen-bond donors (Lipinski definition) is 2. The van der Waals surface area contributed by atoms with E-state index in [1.807, 2.05) is 45.6 Å². The number of nitrogens with zero attached hydrogens (tertiary/aromatic N) is 3. The first-order chi connectivity index (χ1) is 14.5. The summed E-state index contributed by atoms with van der Waals surface area (Å²) in [6.45, 7) is 7.00. The van der Waals surface area contributed by atoms with E-state index in [1.165, 1.54) is 4.90 Å². The standard InChI is InChI=1S/C23H28N4O2S/c1-17-7-6-8-18(2)22(17)29-15-21-24-26(16-25-13-11-20(28)12-14-25)23(30)27(21)19-9-4-3-5-10-19/h3-10,20,28H,11-16H2,1-2H3/p+1. The van der Waals surface area contributed by atoms with Crippen LogP contribution in [0.3, 0.4) is 0 Å². The van der Waals surface area contributed by atoms with Gasteiger partial charge in [-0.1, -0.05) is 36.4 Å². The first kappa shape index (κ1) is 20.8. The second kappa shape index (κ2) is 9.12. The molecular formula is C23H29N4O2S+. The Labute approximate surface area is 182 Å². The summed E-state index contributed by atoms with van der Waals surface area (Å²) >= 11 is 5.81. The van der Waals surface area contributed by atoms with Gasteiger partial charge in [0.1, 0.15) is 12.4 Å². The summed E-state index contributed by atoms with van der Waals surface area (Å²) in [4.78, 5) is 1.39. The molecule has 0 aliphatic carbocycles. The molecule has 2 N–H and O–H groups in total. The number of aryl methyl sites for hydroxylation is 2. The van der Waals surface area contributed by atoms with Crippen LogP contribution in [-0.4, -0.2) is 38.6 Å². The molecule has 158 valence electrons. The van der Waals surface area contributed by atoms with Gasteiger partial charge in [-0.15, -0.1) is 5.10 Å². The van der Waals surface area contributed by atoms with Crippen LogP contribution >= 0.6 is 12.2 Å². The van der Waals surface area contributed by atoms with Crippen LogP contribution in [0.1, 0.15) is 29.8 Å². The minimum atomic E-state index is -0.176. The second-order valence-electron chi connectivity index (χ2n) is 8.02. The maximum atomic E-state index is 9.79. The zero-order valence-electron chi connectivity index (χ0n) is 17.5. The number of para-hydroxylation sites is 2. The Morgan fingerprint density at radius 3 is 2.40 bits per heavy atom. The van der Waals surface area contributed by atoms with Crippen LogP contribution in [0.4, 0.5) is 0 Å². The van der Waals surface area contributed by atoms with Gasteiger partial charge in [-0.2, -0.15) is 4.68 Å². The Hall–Kier alpha value is -2.48. The number of benzene rings is 2. The molecule has 1 aliphatic rings. The van der Waals surface area contributed by atoms with E-state index < -0.39 is 0 Å². The Balaban J connectivity index is 1.63. The summed E-state index contributed by atoms with van der Waals surface area (Å²) in [5, 5.41) is 14.6. The van der Waals surface area contributed by atoms with E-state index in [0.717, 1.165) is 54.3 Å². The van der Waals surface area contributed by atoms with Gasteiger partial charge in [0.15, 0.2) is 12.5 Å². The Kier molecular flexibility index (Phi) is 6.32. The normalized spacial score (nSPS) is 19.0. The minimum absolute atomic E-state index is 0.176. The zero-order chi connectivity index (χ0) is 21.1. The van der Waals surface area contributed by atoms with Crippen molar-refractivity contribution in [2.75, 3.05) is 13.1 Å². The van der Waals surface area contributed by atoms with Crippen LogP contribution in [-0.2, 0) is 13.3 Å². The summed E-state index contributed by atoms with van der Waals surface area (Å²) in [6.07, 6.45) is 1.47. The molecule has 2 heterocycles. The lowest BCUT2D eigenvalue weighted by atomic mass is 10.1. The van der Waals surface area contributed by atoms with E-state index in [0.29, 0.717) is 18.0 Å². The summed E-state index contributed by atoms with van der Waals surface area (Å²) < 4.78 is 10.8. The molecule has 0 amide bonds. The Morgan fingerprint density at radius 1 is 1.07 bits per heavy atom. The summed E-state index contributed by atoms with van der Waals surface area (Å²) in [7, 11) is 0. The van der Waals surface area contributed by atoms with Crippen molar-refractivity contribution in [1.29, 1.82) is 0 Å². The van der Waals surface area contributed by atoms with Gasteiger partial charge in [-0.25, -0.2) is 0 Å². The molecule has 1 aromatic heterocycles. The average molecular weight is 426 g/mol. The third-order valence-electron chi connectivity index (χ3n) is 5.71. The van der Waals surface area contributed by atoms with Crippen molar-refractivity contribution in [2.45, 2.75) is 46.1 Å². The smallest absolute Gasteiger partial charge is 0.207 e. The first-order valence-corrected chi connectivity index (χ1v) is 10.9. The van der Waals surface area contributed by atoms with Gasteiger partial charge >= 0.3 is 0 Å². The van der Waals surface area contributed by atoms with Crippen molar-refractivity contribution in [3.8, 4) is 11.4 Å². The van der Waals surface area contributed by atoms with Gasteiger partial charge in [-0.3, -0.25) is 4.57 Å². The van der Waals surface area contributed by atoms with Crippen molar-refractivity contribution in [3.05, 3.63) is 70.3 Å². The topological polar surface area (TPSA) is 56.6 Å². The predicted octanol–water partition coefficient (Wildman–Crippen LogP) is 2.60. The fraction of sp³-hybridized carbons (Fsp3) is 0.391. The molecule has 2 aromatic carbocycles. The van der Waals surface area contributed by atoms with Crippen LogP contribution in [0.25, 0.3) is 5.69 Å². The monoisotopic (exact) mass is 425 g/mol. The van der Waals surface area contributed by atoms with Gasteiger partial charge in [0.05, 0.1) is 19.2 Å². The molecule has 1 aliphatic heterocycles. The van der Waals surface area contributed by atoms with Gasteiger partial charge in [-0.05, 0) is 49.3 Å². The van der Waals surface area contributed by atoms with Crippen molar-refractivity contribution >= 4 is 12.2 Å². The van der Waals surface area contributed by atoms with Crippen molar-refractivity contribution in [2.24, 2.45) is 0 Å². The second-order valence-corrected chi connectivity index (χ2v) is 8.38. The van der Waals surface area contributed by atoms with Crippen LogP contribution in [0.15, 0.2) is 48.5 Å². The number of piperidine rings is 1. The Morgan fingerprint density at radius 2 is 1.73 bits per heavy atom. The molecule has 0 spiro atoms. The molecule has 4 rings (SSSR count). The van der Waals surface area contributed by atoms with Crippen LogP contribution in [0, 0.1) is 18.6 Å². The summed E-state index contributed by atoms with van der Waals surface area (Å²) in [5.41, 5.74) is 3.20. The van der Waals surface area contributed by atoms with Crippen LogP contribution < -0.4 is 9.64 Å². The molecule has 6 nitrogen and oxygen atoms in total. The quantitative estimate of drug-likeness (QED) is 0.596. The van der Waals surface area contributed by atoms with E-state index in [1.54, 1.807) is 0 Å². The van der Waals surface area contributed by atoms with E-state index in [2.05, 4.69) is 26.0 Å². The molecule has 0 bridgehead atoms. The maximum absolute atomic E-state index is 9.79. The molecule has 0 atom stereocenters. The molecule has 3 aromatic rings. The number of aliphatic hydroxyl groups excluding tert-OH is 1. The number of hydrogen-bond acceptors (Lipinski definition) is 4. The molecular weight excluding hydrogens is 396 g/mol. The van der Waals surface area contributed by atoms with E-state index in [4.69, 9.17) is 22.1 Å². The number of aliphatic hydroxyl groups is 1. The van der Waals surface area contributed by atoms with Crippen molar-refractivity contribution in [3.63, 3.8) is 0 Å². The summed E-state index contributed by atoms with van der Waals surface area (Å²) in [6, 6.07) is 16.2. The highest BCUT2D eigenvalue weighted by Crippen LogP contribution is 2.24. The van der Waals surface area contributed by atoms with E-state index >= 15 is 0 Å². The number of ether oxygens (including phenoxy) is 1. The maximum Gasteiger partial charge on any atom is 0.207 e. The molecule has 7 heteroatoms. The molecule has 30 heavy (non-hydrogen) atoms. The fourth-order valence-corrected chi connectivity index (χ4v) is 4.35. The third-order valence-corrected chi connectivity index (χ3v) is 6.10. The number of rotatable bonds is 6. The number of likely N-dealkylation sites (tertiary alicyclic amines) is 1. The van der Waals surface area contributed by atoms with Crippen molar-refractivity contribution < 1.29 is 14.7 Å². The molecule has 0 unspecified atom stereocenters. The van der Waals surface area contributed by atoms with E-state index in [-0.39, 0.29) is 6.10 Å². The van der Waals surface area contributed by atoms with Gasteiger partial charge in [0.2, 0.25) is 4.77 Å². The van der Waals surface area contributed by atoms with Crippen LogP contribution in [0.2, 0.25) is 0 Å². The summed E-state index contributed by atoms with van der Waals surface area (Å²) in [5.74, 6) is 1.68. The number of quaternary nitrogens is 1. The minimum Gasteiger partial charge on any atom is -0.485 e. The predicted molar refractivity (Wildman–Crippen MR) is 119 cm³/mol. The number of aromatic nitrogens is 3. The lowest BCUT2D eigenvalue weighted by Gasteiger charge is -2.26. The average Bonchev–Trinajstić information content (AvgIpc) is 3.05. The van der Waals surface area contributed by atoms with Gasteiger partial charge in [0, 0.05) is 18.5 Å². The molecule has 1 saturated heterocycles. The molecule has 0 saturated carbocycles. The van der Waals surface area contributed by atoms with Crippen molar-refractivity contribution in [1.82, 2.24) is 14.3 Å². The highest BCUT2D eigenvalue weighted by molar-refractivity contribution is 7.71. The number of nitrogens with one attached hydrogen (secondary N) is 1. The largest absolute Gasteiger partial charge is 0.485 e. The van der Waals surface area contributed by atoms with E-state index in [9.17, 15) is 5.11 Å². The first-order valence-electron chi connectivity index (χ1n) is 10.5. The lowest BCUT2D eigenvalue weighted by Crippen LogP contribution is -3.12. The molecule has 1 fully saturated rings. The SMILES string of the molecule is Cc1cccc(C)c1OCc1nn(C[NH+]2CCC(O)CC2)c(=S)n1-c1ccccc1. The lowest BCUT2D eigenvalue weighted by molar-refractivity contribution is -0.929. The third kappa shape index (κ3) is 4.48.